The van der Waals surface area contributed by atoms with Crippen LogP contribution in [0.1, 0.15) is 25.0 Å². The third kappa shape index (κ3) is 3.04. The highest BCUT2D eigenvalue weighted by atomic mass is 16.5. The Hall–Kier alpha value is -0.870. The molecule has 15 heavy (non-hydrogen) atoms. The van der Waals surface area contributed by atoms with Gasteiger partial charge in [0, 0.05) is 12.1 Å². The quantitative estimate of drug-likeness (QED) is 0.813. The number of hydrogen-bond donors (Lipinski definition) is 1. The maximum absolute atomic E-state index is 5.12. The van der Waals surface area contributed by atoms with Crippen LogP contribution in [0.15, 0.2) is 16.8 Å². The molecule has 2 rings (SSSR count). The Morgan fingerprint density at radius 2 is 2.47 bits per heavy atom. The molecule has 1 aliphatic rings. The smallest absolute Gasteiger partial charge is 0.150 e. The third-order valence-electron chi connectivity index (χ3n) is 3.07. The molecule has 1 atom stereocenters. The Balaban J connectivity index is 1.86. The summed E-state index contributed by atoms with van der Waals surface area (Å²) in [6, 6.07) is 2.61. The van der Waals surface area contributed by atoms with Crippen molar-refractivity contribution in [3.05, 3.63) is 18.0 Å². The zero-order valence-corrected chi connectivity index (χ0v) is 9.28. The molecule has 0 amide bonds. The predicted molar refractivity (Wildman–Crippen MR) is 58.5 cm³/mol. The Bertz CT molecular complexity index is 265. The summed E-state index contributed by atoms with van der Waals surface area (Å²) in [7, 11) is 2.17. The largest absolute Gasteiger partial charge is 0.360 e. The van der Waals surface area contributed by atoms with Gasteiger partial charge in [0.05, 0.1) is 12.7 Å². The van der Waals surface area contributed by atoms with Crippen LogP contribution in [0, 0.1) is 0 Å². The first kappa shape index (κ1) is 10.6. The van der Waals surface area contributed by atoms with E-state index in [0.717, 1.165) is 25.4 Å². The SMILES string of the molecule is CN(Cc1ccno1)C1CCCNCC1. The van der Waals surface area contributed by atoms with Crippen molar-refractivity contribution in [2.24, 2.45) is 0 Å². The number of hydrogen-bond acceptors (Lipinski definition) is 4. The van der Waals surface area contributed by atoms with Gasteiger partial charge >= 0.3 is 0 Å². The van der Waals surface area contributed by atoms with Gasteiger partial charge in [-0.3, -0.25) is 4.90 Å². The summed E-state index contributed by atoms with van der Waals surface area (Å²) in [6.45, 7) is 3.16. The zero-order valence-electron chi connectivity index (χ0n) is 9.28. The molecule has 0 aliphatic carbocycles. The van der Waals surface area contributed by atoms with E-state index in [0.29, 0.717) is 6.04 Å². The van der Waals surface area contributed by atoms with Crippen molar-refractivity contribution >= 4 is 0 Å². The highest BCUT2D eigenvalue weighted by Crippen LogP contribution is 2.14. The normalized spacial score (nSPS) is 22.9. The lowest BCUT2D eigenvalue weighted by atomic mass is 10.1. The maximum atomic E-state index is 5.12. The number of nitrogens with one attached hydrogen (secondary N) is 1. The molecule has 0 saturated carbocycles. The first-order valence-corrected chi connectivity index (χ1v) is 5.67. The van der Waals surface area contributed by atoms with Gasteiger partial charge in [0.15, 0.2) is 5.76 Å². The van der Waals surface area contributed by atoms with Crippen molar-refractivity contribution in [2.75, 3.05) is 20.1 Å². The van der Waals surface area contributed by atoms with Gasteiger partial charge in [-0.2, -0.15) is 0 Å². The Morgan fingerprint density at radius 1 is 1.53 bits per heavy atom. The molecule has 2 heterocycles. The summed E-state index contributed by atoms with van der Waals surface area (Å²) in [4.78, 5) is 2.37. The topological polar surface area (TPSA) is 41.3 Å². The fraction of sp³-hybridized carbons (Fsp3) is 0.727. The molecule has 84 valence electrons. The molecule has 1 aliphatic heterocycles. The van der Waals surface area contributed by atoms with Gasteiger partial charge in [-0.1, -0.05) is 5.16 Å². The molecule has 1 unspecified atom stereocenters. The minimum Gasteiger partial charge on any atom is -0.360 e. The minimum absolute atomic E-state index is 0.671. The minimum atomic E-state index is 0.671. The van der Waals surface area contributed by atoms with Gasteiger partial charge in [-0.05, 0) is 39.4 Å². The van der Waals surface area contributed by atoms with Crippen molar-refractivity contribution in [3.8, 4) is 0 Å². The van der Waals surface area contributed by atoms with Gasteiger partial charge in [0.25, 0.3) is 0 Å². The zero-order chi connectivity index (χ0) is 10.5. The van der Waals surface area contributed by atoms with Gasteiger partial charge in [-0.25, -0.2) is 0 Å². The highest BCUT2D eigenvalue weighted by Gasteiger charge is 2.17. The Labute approximate surface area is 90.6 Å². The molecule has 1 fully saturated rings. The molecule has 1 aromatic heterocycles. The van der Waals surface area contributed by atoms with Gasteiger partial charge in [0.2, 0.25) is 0 Å². The van der Waals surface area contributed by atoms with E-state index in [-0.39, 0.29) is 0 Å². The summed E-state index contributed by atoms with van der Waals surface area (Å²) >= 11 is 0. The van der Waals surface area contributed by atoms with Crippen molar-refractivity contribution in [3.63, 3.8) is 0 Å². The molecule has 1 N–H and O–H groups in total. The van der Waals surface area contributed by atoms with E-state index in [1.54, 1.807) is 6.20 Å². The van der Waals surface area contributed by atoms with E-state index in [9.17, 15) is 0 Å². The fourth-order valence-corrected chi connectivity index (χ4v) is 2.14. The van der Waals surface area contributed by atoms with Crippen molar-refractivity contribution < 1.29 is 4.52 Å². The number of aromatic nitrogens is 1. The average Bonchev–Trinajstić information content (AvgIpc) is 2.58. The molecule has 4 nitrogen and oxygen atoms in total. The lowest BCUT2D eigenvalue weighted by Gasteiger charge is -2.25. The van der Waals surface area contributed by atoms with E-state index >= 15 is 0 Å². The van der Waals surface area contributed by atoms with Gasteiger partial charge in [0.1, 0.15) is 0 Å². The maximum Gasteiger partial charge on any atom is 0.150 e. The van der Waals surface area contributed by atoms with Crippen LogP contribution in [0.2, 0.25) is 0 Å². The Kier molecular flexibility index (Phi) is 3.75. The summed E-state index contributed by atoms with van der Waals surface area (Å²) in [6.07, 6.45) is 5.48. The van der Waals surface area contributed by atoms with Crippen LogP contribution in [-0.2, 0) is 6.54 Å². The molecule has 0 aromatic carbocycles. The summed E-state index contributed by atoms with van der Waals surface area (Å²) in [5.41, 5.74) is 0. The van der Waals surface area contributed by atoms with Gasteiger partial charge in [-0.15, -0.1) is 0 Å². The van der Waals surface area contributed by atoms with E-state index < -0.39 is 0 Å². The first-order valence-electron chi connectivity index (χ1n) is 5.67. The average molecular weight is 209 g/mol. The van der Waals surface area contributed by atoms with Crippen LogP contribution in [0.3, 0.4) is 0 Å². The van der Waals surface area contributed by atoms with Crippen molar-refractivity contribution in [1.82, 2.24) is 15.4 Å². The Morgan fingerprint density at radius 3 is 3.27 bits per heavy atom. The van der Waals surface area contributed by atoms with Crippen molar-refractivity contribution in [1.29, 1.82) is 0 Å². The van der Waals surface area contributed by atoms with E-state index in [4.69, 9.17) is 4.52 Å². The summed E-state index contributed by atoms with van der Waals surface area (Å²) < 4.78 is 5.12. The molecule has 0 bridgehead atoms. The van der Waals surface area contributed by atoms with Crippen LogP contribution in [-0.4, -0.2) is 36.2 Å². The van der Waals surface area contributed by atoms with Crippen LogP contribution < -0.4 is 5.32 Å². The standard InChI is InChI=1S/C11H19N3O/c1-14(9-11-5-8-13-15-11)10-3-2-6-12-7-4-10/h5,8,10,12H,2-4,6-7,9H2,1H3. The second kappa shape index (κ2) is 5.28. The second-order valence-electron chi connectivity index (χ2n) is 4.23. The van der Waals surface area contributed by atoms with Crippen LogP contribution in [0.5, 0.6) is 0 Å². The van der Waals surface area contributed by atoms with E-state index in [1.165, 1.54) is 19.3 Å². The van der Waals surface area contributed by atoms with Crippen molar-refractivity contribution in [2.45, 2.75) is 31.8 Å². The molecule has 1 aromatic rings. The molecule has 0 spiro atoms. The molecular weight excluding hydrogens is 190 g/mol. The monoisotopic (exact) mass is 209 g/mol. The fourth-order valence-electron chi connectivity index (χ4n) is 2.14. The predicted octanol–water partition coefficient (Wildman–Crippen LogP) is 1.25. The third-order valence-corrected chi connectivity index (χ3v) is 3.07. The molecular formula is C11H19N3O. The van der Waals surface area contributed by atoms with Crippen LogP contribution in [0.4, 0.5) is 0 Å². The van der Waals surface area contributed by atoms with Crippen LogP contribution >= 0.6 is 0 Å². The number of rotatable bonds is 3. The lowest BCUT2D eigenvalue weighted by Crippen LogP contribution is -2.31. The summed E-state index contributed by atoms with van der Waals surface area (Å²) in [5, 5.41) is 7.15. The van der Waals surface area contributed by atoms with Gasteiger partial charge < -0.3 is 9.84 Å². The first-order chi connectivity index (χ1) is 7.36. The summed E-state index contributed by atoms with van der Waals surface area (Å²) in [5.74, 6) is 0.953. The highest BCUT2D eigenvalue weighted by molar-refractivity contribution is 4.93. The molecule has 1 saturated heterocycles. The molecule has 0 radical (unpaired) electrons. The second-order valence-corrected chi connectivity index (χ2v) is 4.23. The number of nitrogens with zero attached hydrogens (tertiary/aromatic N) is 2. The molecule has 4 heteroatoms. The van der Waals surface area contributed by atoms with E-state index in [2.05, 4.69) is 22.4 Å². The van der Waals surface area contributed by atoms with Crippen LogP contribution in [0.25, 0.3) is 0 Å². The van der Waals surface area contributed by atoms with E-state index in [1.807, 2.05) is 6.07 Å². The lowest BCUT2D eigenvalue weighted by molar-refractivity contribution is 0.193.